The highest BCUT2D eigenvalue weighted by molar-refractivity contribution is 5.66. The van der Waals surface area contributed by atoms with Crippen molar-refractivity contribution in [3.63, 3.8) is 0 Å². The lowest BCUT2D eigenvalue weighted by atomic mass is 10.5. The molecule has 0 aromatic rings. The van der Waals surface area contributed by atoms with Crippen molar-refractivity contribution in [3.8, 4) is 0 Å². The van der Waals surface area contributed by atoms with Gasteiger partial charge in [0.15, 0.2) is 0 Å². The molecule has 3 heteroatoms. The molecule has 0 atom stereocenters. The number of carbonyl (C=O) groups is 1. The molecule has 0 amide bonds. The van der Waals surface area contributed by atoms with E-state index >= 15 is 0 Å². The van der Waals surface area contributed by atoms with E-state index in [2.05, 4.69) is 0 Å². The second-order valence-electron chi connectivity index (χ2n) is 1.79. The predicted molar refractivity (Wildman–Crippen MR) is 37.9 cm³/mol. The van der Waals surface area contributed by atoms with Gasteiger partial charge >= 0.3 is 5.97 Å². The van der Waals surface area contributed by atoms with Crippen molar-refractivity contribution >= 4 is 5.97 Å². The lowest BCUT2D eigenvalue weighted by molar-refractivity contribution is -0.138. The Bertz CT molecular complexity index is 118. The first-order valence-electron chi connectivity index (χ1n) is 3.18. The summed E-state index contributed by atoms with van der Waals surface area (Å²) in [5.41, 5.74) is 0. The molecule has 0 rings (SSSR count). The van der Waals surface area contributed by atoms with Gasteiger partial charge in [-0.3, -0.25) is 4.79 Å². The van der Waals surface area contributed by atoms with Crippen molar-refractivity contribution in [2.24, 2.45) is 0 Å². The molecular formula is C7H12O3. The number of aliphatic carboxylic acids is 1. The molecule has 0 fully saturated rings. The average molecular weight is 144 g/mol. The largest absolute Gasteiger partial charge is 0.481 e. The van der Waals surface area contributed by atoms with Gasteiger partial charge in [-0.15, -0.1) is 0 Å². The molecular weight excluding hydrogens is 132 g/mol. The van der Waals surface area contributed by atoms with Crippen molar-refractivity contribution in [2.45, 2.75) is 13.3 Å². The molecule has 0 radical (unpaired) electrons. The van der Waals surface area contributed by atoms with Crippen LogP contribution in [-0.4, -0.2) is 24.3 Å². The molecule has 0 aromatic heterocycles. The zero-order chi connectivity index (χ0) is 7.82. The molecule has 0 heterocycles. The van der Waals surface area contributed by atoms with Gasteiger partial charge in [-0.1, -0.05) is 12.2 Å². The molecule has 1 N–H and O–H groups in total. The second kappa shape index (κ2) is 6.29. The van der Waals surface area contributed by atoms with Gasteiger partial charge in [-0.2, -0.15) is 0 Å². The fourth-order valence-corrected chi connectivity index (χ4v) is 0.407. The van der Waals surface area contributed by atoms with E-state index < -0.39 is 5.97 Å². The maximum Gasteiger partial charge on any atom is 0.305 e. The second-order valence-corrected chi connectivity index (χ2v) is 1.79. The van der Waals surface area contributed by atoms with Gasteiger partial charge in [0.25, 0.3) is 0 Å². The smallest absolute Gasteiger partial charge is 0.305 e. The summed E-state index contributed by atoms with van der Waals surface area (Å²) in [5.74, 6) is -0.819. The Morgan fingerprint density at radius 2 is 2.40 bits per heavy atom. The van der Waals surface area contributed by atoms with Crippen LogP contribution >= 0.6 is 0 Å². The number of ether oxygens (including phenoxy) is 1. The van der Waals surface area contributed by atoms with Crippen LogP contribution in [-0.2, 0) is 9.53 Å². The van der Waals surface area contributed by atoms with Crippen LogP contribution < -0.4 is 0 Å². The van der Waals surface area contributed by atoms with E-state index in [1.807, 2.05) is 19.1 Å². The third-order valence-electron chi connectivity index (χ3n) is 0.910. The van der Waals surface area contributed by atoms with E-state index in [0.717, 1.165) is 0 Å². The molecule has 3 nitrogen and oxygen atoms in total. The molecule has 0 spiro atoms. The van der Waals surface area contributed by atoms with Gasteiger partial charge in [0.1, 0.15) is 0 Å². The number of carboxylic acids is 1. The normalized spacial score (nSPS) is 10.5. The summed E-state index contributed by atoms with van der Waals surface area (Å²) in [7, 11) is 0. The van der Waals surface area contributed by atoms with Crippen LogP contribution in [0.4, 0.5) is 0 Å². The quantitative estimate of drug-likeness (QED) is 0.463. The lowest BCUT2D eigenvalue weighted by Gasteiger charge is -1.95. The SMILES string of the molecule is C/C=C/COCCC(=O)O. The van der Waals surface area contributed by atoms with Crippen molar-refractivity contribution in [1.29, 1.82) is 0 Å². The number of hydrogen-bond donors (Lipinski definition) is 1. The Balaban J connectivity index is 2.98. The monoisotopic (exact) mass is 144 g/mol. The minimum Gasteiger partial charge on any atom is -0.481 e. The third-order valence-corrected chi connectivity index (χ3v) is 0.910. The zero-order valence-electron chi connectivity index (χ0n) is 6.04. The Kier molecular flexibility index (Phi) is 5.77. The summed E-state index contributed by atoms with van der Waals surface area (Å²) < 4.78 is 4.92. The van der Waals surface area contributed by atoms with E-state index in [1.54, 1.807) is 0 Å². The topological polar surface area (TPSA) is 46.5 Å². The van der Waals surface area contributed by atoms with Crippen LogP contribution in [0.5, 0.6) is 0 Å². The van der Waals surface area contributed by atoms with Gasteiger partial charge in [0, 0.05) is 0 Å². The van der Waals surface area contributed by atoms with E-state index in [4.69, 9.17) is 9.84 Å². The summed E-state index contributed by atoms with van der Waals surface area (Å²) in [6, 6.07) is 0. The number of carboxylic acid groups (broad SMARTS) is 1. The highest BCUT2D eigenvalue weighted by Crippen LogP contribution is 1.82. The molecule has 0 aliphatic heterocycles. The summed E-state index contributed by atoms with van der Waals surface area (Å²) in [6.07, 6.45) is 3.78. The average Bonchev–Trinajstić information content (AvgIpc) is 1.87. The Morgan fingerprint density at radius 3 is 2.90 bits per heavy atom. The van der Waals surface area contributed by atoms with Crippen molar-refractivity contribution in [1.82, 2.24) is 0 Å². The first kappa shape index (κ1) is 9.17. The fraction of sp³-hybridized carbons (Fsp3) is 0.571. The molecule has 0 aliphatic rings. The standard InChI is InChI=1S/C7H12O3/c1-2-3-5-10-6-4-7(8)9/h2-3H,4-6H2,1H3,(H,8,9)/b3-2+. The summed E-state index contributed by atoms with van der Waals surface area (Å²) in [6.45, 7) is 2.68. The van der Waals surface area contributed by atoms with E-state index in [0.29, 0.717) is 13.2 Å². The Morgan fingerprint density at radius 1 is 1.70 bits per heavy atom. The molecule has 0 aromatic carbocycles. The van der Waals surface area contributed by atoms with Crippen LogP contribution in [0.2, 0.25) is 0 Å². The molecule has 0 bridgehead atoms. The van der Waals surface area contributed by atoms with Gasteiger partial charge in [-0.05, 0) is 6.92 Å². The number of rotatable bonds is 5. The van der Waals surface area contributed by atoms with E-state index in [9.17, 15) is 4.79 Å². The van der Waals surface area contributed by atoms with Crippen molar-refractivity contribution in [2.75, 3.05) is 13.2 Å². The van der Waals surface area contributed by atoms with Gasteiger partial charge in [0.05, 0.1) is 19.6 Å². The molecule has 0 unspecified atom stereocenters. The lowest BCUT2D eigenvalue weighted by Crippen LogP contribution is -2.02. The maximum absolute atomic E-state index is 9.93. The molecule has 0 saturated heterocycles. The van der Waals surface area contributed by atoms with Gasteiger partial charge < -0.3 is 9.84 Å². The highest BCUT2D eigenvalue weighted by Gasteiger charge is 1.93. The molecule has 10 heavy (non-hydrogen) atoms. The fourth-order valence-electron chi connectivity index (χ4n) is 0.407. The maximum atomic E-state index is 9.93. The van der Waals surface area contributed by atoms with Crippen LogP contribution in [0.3, 0.4) is 0 Å². The third kappa shape index (κ3) is 7.17. The highest BCUT2D eigenvalue weighted by atomic mass is 16.5. The van der Waals surface area contributed by atoms with Crippen LogP contribution in [0.1, 0.15) is 13.3 Å². The minimum absolute atomic E-state index is 0.0809. The first-order valence-corrected chi connectivity index (χ1v) is 3.18. The minimum atomic E-state index is -0.819. The zero-order valence-corrected chi connectivity index (χ0v) is 6.04. The van der Waals surface area contributed by atoms with E-state index in [-0.39, 0.29) is 6.42 Å². The van der Waals surface area contributed by atoms with Crippen molar-refractivity contribution in [3.05, 3.63) is 12.2 Å². The van der Waals surface area contributed by atoms with Gasteiger partial charge in [-0.25, -0.2) is 0 Å². The summed E-state index contributed by atoms with van der Waals surface area (Å²) in [4.78, 5) is 9.93. The summed E-state index contributed by atoms with van der Waals surface area (Å²) in [5, 5.41) is 8.17. The number of allylic oxidation sites excluding steroid dienone is 1. The molecule has 0 saturated carbocycles. The molecule has 0 aliphatic carbocycles. The first-order chi connectivity index (χ1) is 4.77. The van der Waals surface area contributed by atoms with E-state index in [1.165, 1.54) is 0 Å². The predicted octanol–water partition coefficient (Wildman–Crippen LogP) is 1.05. The van der Waals surface area contributed by atoms with Crippen LogP contribution in [0.25, 0.3) is 0 Å². The van der Waals surface area contributed by atoms with Crippen LogP contribution in [0.15, 0.2) is 12.2 Å². The van der Waals surface area contributed by atoms with Crippen LogP contribution in [0, 0.1) is 0 Å². The van der Waals surface area contributed by atoms with Gasteiger partial charge in [0.2, 0.25) is 0 Å². The Labute approximate surface area is 60.3 Å². The summed E-state index contributed by atoms with van der Waals surface area (Å²) >= 11 is 0. The van der Waals surface area contributed by atoms with Crippen molar-refractivity contribution < 1.29 is 14.6 Å². The Hall–Kier alpha value is -0.830. The number of hydrogen-bond acceptors (Lipinski definition) is 2. The molecule has 58 valence electrons.